The maximum atomic E-state index is 13.6. The molecule has 1 aromatic carbocycles. The highest BCUT2D eigenvalue weighted by Gasteiger charge is 2.45. The third-order valence-corrected chi connectivity index (χ3v) is 5.58. The van der Waals surface area contributed by atoms with E-state index in [0.717, 1.165) is 25.9 Å². The van der Waals surface area contributed by atoms with Gasteiger partial charge in [-0.1, -0.05) is 25.4 Å². The molecule has 0 radical (unpaired) electrons. The summed E-state index contributed by atoms with van der Waals surface area (Å²) in [6.45, 7) is 7.03. The summed E-state index contributed by atoms with van der Waals surface area (Å²) in [7, 11) is 0. The van der Waals surface area contributed by atoms with Gasteiger partial charge in [-0.3, -0.25) is 9.59 Å². The molecule has 6 heteroatoms. The molecule has 0 aromatic heterocycles. The predicted molar refractivity (Wildman–Crippen MR) is 95.0 cm³/mol. The maximum Gasteiger partial charge on any atom is 0.253 e. The lowest BCUT2D eigenvalue weighted by atomic mass is 9.77. The fraction of sp³-hybridized carbons (Fsp3) is 0.579. The molecule has 0 unspecified atom stereocenters. The Hall–Kier alpha value is -1.62. The summed E-state index contributed by atoms with van der Waals surface area (Å²) in [4.78, 5) is 28.6. The molecule has 0 N–H and O–H groups in total. The monoisotopic (exact) mass is 366 g/mol. The van der Waals surface area contributed by atoms with Gasteiger partial charge in [0.25, 0.3) is 5.91 Å². The number of piperidine rings is 1. The van der Waals surface area contributed by atoms with Crippen LogP contribution in [-0.4, -0.2) is 47.8 Å². The van der Waals surface area contributed by atoms with Gasteiger partial charge in [0.05, 0.1) is 5.02 Å². The first-order valence-corrected chi connectivity index (χ1v) is 9.20. The van der Waals surface area contributed by atoms with Gasteiger partial charge < -0.3 is 9.80 Å². The molecule has 1 spiro atoms. The number of carbonyl (C=O) groups excluding carboxylic acids is 2. The average Bonchev–Trinajstić information content (AvgIpc) is 2.85. The van der Waals surface area contributed by atoms with Crippen LogP contribution < -0.4 is 0 Å². The molecule has 1 aromatic rings. The number of hydrogen-bond donors (Lipinski definition) is 0. The van der Waals surface area contributed by atoms with Crippen LogP contribution in [0.3, 0.4) is 0 Å². The van der Waals surface area contributed by atoms with Crippen molar-refractivity contribution in [2.45, 2.75) is 33.1 Å². The van der Waals surface area contributed by atoms with Gasteiger partial charge >= 0.3 is 0 Å². The number of amides is 2. The quantitative estimate of drug-likeness (QED) is 0.820. The van der Waals surface area contributed by atoms with Crippen molar-refractivity contribution in [1.82, 2.24) is 9.80 Å². The predicted octanol–water partition coefficient (Wildman–Crippen LogP) is 3.59. The minimum Gasteiger partial charge on any atom is -0.342 e. The fourth-order valence-electron chi connectivity index (χ4n) is 3.92. The molecule has 136 valence electrons. The van der Waals surface area contributed by atoms with Crippen molar-refractivity contribution in [2.24, 2.45) is 11.3 Å². The Morgan fingerprint density at radius 2 is 2.00 bits per heavy atom. The van der Waals surface area contributed by atoms with Crippen LogP contribution in [0.25, 0.3) is 0 Å². The van der Waals surface area contributed by atoms with E-state index >= 15 is 0 Å². The van der Waals surface area contributed by atoms with Gasteiger partial charge in [0.1, 0.15) is 5.82 Å². The van der Waals surface area contributed by atoms with E-state index in [2.05, 4.69) is 13.8 Å². The zero-order valence-corrected chi connectivity index (χ0v) is 15.5. The molecule has 0 saturated carbocycles. The number of nitrogens with zero attached hydrogens (tertiary/aromatic N) is 2. The van der Waals surface area contributed by atoms with Crippen LogP contribution in [0.5, 0.6) is 0 Å². The zero-order valence-electron chi connectivity index (χ0n) is 14.7. The second kappa shape index (κ2) is 6.94. The van der Waals surface area contributed by atoms with Crippen LogP contribution in [0.2, 0.25) is 5.02 Å². The van der Waals surface area contributed by atoms with E-state index < -0.39 is 5.82 Å². The third-order valence-electron chi connectivity index (χ3n) is 5.27. The number of benzene rings is 1. The topological polar surface area (TPSA) is 40.6 Å². The van der Waals surface area contributed by atoms with E-state index in [1.807, 2.05) is 4.90 Å². The van der Waals surface area contributed by atoms with Crippen molar-refractivity contribution in [3.05, 3.63) is 34.6 Å². The highest BCUT2D eigenvalue weighted by molar-refractivity contribution is 6.30. The lowest BCUT2D eigenvalue weighted by molar-refractivity contribution is -0.128. The standard InChI is InChI=1S/C19H24ClFN2O2/c1-13(2)11-23-12-19(10-17(23)24)5-7-22(8-6-19)18(25)14-3-4-15(20)16(21)9-14/h3-4,9,13H,5-8,10-12H2,1-2H3. The number of carbonyl (C=O) groups is 2. The van der Waals surface area contributed by atoms with Crippen molar-refractivity contribution in [2.75, 3.05) is 26.2 Å². The lowest BCUT2D eigenvalue weighted by Gasteiger charge is -2.39. The Kier molecular flexibility index (Phi) is 5.05. The van der Waals surface area contributed by atoms with Gasteiger partial charge in [-0.15, -0.1) is 0 Å². The van der Waals surface area contributed by atoms with E-state index in [1.165, 1.54) is 12.1 Å². The molecule has 4 nitrogen and oxygen atoms in total. The zero-order chi connectivity index (χ0) is 18.2. The van der Waals surface area contributed by atoms with E-state index in [1.54, 1.807) is 11.0 Å². The van der Waals surface area contributed by atoms with Gasteiger partial charge in [0.2, 0.25) is 5.91 Å². The molecule has 2 aliphatic heterocycles. The Morgan fingerprint density at radius 1 is 1.32 bits per heavy atom. The first-order chi connectivity index (χ1) is 11.8. The van der Waals surface area contributed by atoms with E-state index in [-0.39, 0.29) is 22.3 Å². The summed E-state index contributed by atoms with van der Waals surface area (Å²) in [5.74, 6) is -0.0608. The van der Waals surface area contributed by atoms with Crippen LogP contribution in [0.4, 0.5) is 4.39 Å². The maximum absolute atomic E-state index is 13.6. The van der Waals surface area contributed by atoms with Crippen LogP contribution >= 0.6 is 11.6 Å². The Morgan fingerprint density at radius 3 is 2.60 bits per heavy atom. The number of halogens is 2. The molecule has 0 bridgehead atoms. The minimum atomic E-state index is -0.577. The number of likely N-dealkylation sites (tertiary alicyclic amines) is 2. The van der Waals surface area contributed by atoms with Gasteiger partial charge in [-0.2, -0.15) is 0 Å². The van der Waals surface area contributed by atoms with Gasteiger partial charge in [-0.05, 0) is 37.0 Å². The highest BCUT2D eigenvalue weighted by Crippen LogP contribution is 2.41. The van der Waals surface area contributed by atoms with Crippen molar-refractivity contribution < 1.29 is 14.0 Å². The van der Waals surface area contributed by atoms with E-state index in [9.17, 15) is 14.0 Å². The summed E-state index contributed by atoms with van der Waals surface area (Å²) >= 11 is 5.68. The van der Waals surface area contributed by atoms with Crippen molar-refractivity contribution >= 4 is 23.4 Å². The highest BCUT2D eigenvalue weighted by atomic mass is 35.5. The van der Waals surface area contributed by atoms with E-state index in [0.29, 0.717) is 31.0 Å². The summed E-state index contributed by atoms with van der Waals surface area (Å²) in [5, 5.41) is 0.0175. The van der Waals surface area contributed by atoms with Crippen LogP contribution in [-0.2, 0) is 4.79 Å². The molecule has 25 heavy (non-hydrogen) atoms. The second-order valence-electron chi connectivity index (χ2n) is 7.77. The molecule has 2 saturated heterocycles. The van der Waals surface area contributed by atoms with Crippen molar-refractivity contribution in [1.29, 1.82) is 0 Å². The molecule has 3 rings (SSSR count). The smallest absolute Gasteiger partial charge is 0.253 e. The normalized spacial score (nSPS) is 20.0. The van der Waals surface area contributed by atoms with Crippen LogP contribution in [0.1, 0.15) is 43.5 Å². The Bertz CT molecular complexity index is 684. The van der Waals surface area contributed by atoms with Crippen LogP contribution in [0.15, 0.2) is 18.2 Å². The van der Waals surface area contributed by atoms with Crippen molar-refractivity contribution in [3.8, 4) is 0 Å². The molecule has 2 fully saturated rings. The summed E-state index contributed by atoms with van der Waals surface area (Å²) in [6, 6.07) is 4.16. The number of hydrogen-bond acceptors (Lipinski definition) is 2. The van der Waals surface area contributed by atoms with Crippen LogP contribution in [0, 0.1) is 17.2 Å². The number of rotatable bonds is 3. The summed E-state index contributed by atoms with van der Waals surface area (Å²) in [6.07, 6.45) is 2.21. The second-order valence-corrected chi connectivity index (χ2v) is 8.17. The molecular weight excluding hydrogens is 343 g/mol. The van der Waals surface area contributed by atoms with Gasteiger partial charge in [0, 0.05) is 43.6 Å². The molecular formula is C19H24ClFN2O2. The van der Waals surface area contributed by atoms with Gasteiger partial charge in [0.15, 0.2) is 0 Å². The Balaban J connectivity index is 1.63. The molecule has 0 aliphatic carbocycles. The fourth-order valence-corrected chi connectivity index (χ4v) is 4.04. The van der Waals surface area contributed by atoms with Crippen molar-refractivity contribution in [3.63, 3.8) is 0 Å². The summed E-state index contributed by atoms with van der Waals surface area (Å²) in [5.41, 5.74) is 0.315. The Labute approximate surface area is 152 Å². The van der Waals surface area contributed by atoms with E-state index in [4.69, 9.17) is 11.6 Å². The minimum absolute atomic E-state index is 0.00595. The SMILES string of the molecule is CC(C)CN1CC2(CCN(C(=O)c3ccc(Cl)c(F)c3)CC2)CC1=O. The third kappa shape index (κ3) is 3.81. The molecule has 2 aliphatic rings. The first-order valence-electron chi connectivity index (χ1n) is 8.82. The molecule has 0 atom stereocenters. The largest absolute Gasteiger partial charge is 0.342 e. The average molecular weight is 367 g/mol. The molecule has 2 heterocycles. The van der Waals surface area contributed by atoms with Gasteiger partial charge in [-0.25, -0.2) is 4.39 Å². The summed E-state index contributed by atoms with van der Waals surface area (Å²) < 4.78 is 13.6. The molecule has 2 amide bonds. The lowest BCUT2D eigenvalue weighted by Crippen LogP contribution is -2.44. The first kappa shape index (κ1) is 18.2.